The van der Waals surface area contributed by atoms with Crippen molar-refractivity contribution in [2.24, 2.45) is 0 Å². The van der Waals surface area contributed by atoms with Gasteiger partial charge in [-0.3, -0.25) is 4.79 Å². The topological polar surface area (TPSA) is 29.5 Å². The molecule has 0 saturated carbocycles. The zero-order chi connectivity index (χ0) is 12.7. The van der Waals surface area contributed by atoms with Crippen LogP contribution in [-0.2, 0) is 0 Å². The van der Waals surface area contributed by atoms with Gasteiger partial charge in [0.15, 0.2) is 0 Å². The summed E-state index contributed by atoms with van der Waals surface area (Å²) >= 11 is 4.83. The first-order valence-electron chi connectivity index (χ1n) is 5.63. The quantitative estimate of drug-likeness (QED) is 0.569. The van der Waals surface area contributed by atoms with Crippen molar-refractivity contribution in [3.63, 3.8) is 0 Å². The molecule has 0 aliphatic heterocycles. The van der Waals surface area contributed by atoms with Gasteiger partial charge in [0.25, 0.3) is 5.91 Å². The van der Waals surface area contributed by atoms with E-state index in [1.165, 1.54) is 11.3 Å². The number of ether oxygens (including phenoxy) is 1. The van der Waals surface area contributed by atoms with Crippen molar-refractivity contribution in [1.29, 1.82) is 0 Å². The molecular formula is C12H18BrNO2S. The minimum atomic E-state index is 0.0516. The van der Waals surface area contributed by atoms with E-state index in [4.69, 9.17) is 4.74 Å². The SMILES string of the molecule is COc1ccsc1C(=O)N(C)CCCCCBr. The van der Waals surface area contributed by atoms with Gasteiger partial charge in [0.2, 0.25) is 0 Å². The number of hydrogen-bond donors (Lipinski definition) is 0. The van der Waals surface area contributed by atoms with Crippen LogP contribution in [0.2, 0.25) is 0 Å². The second kappa shape index (κ2) is 7.71. The third kappa shape index (κ3) is 4.32. The molecule has 96 valence electrons. The molecule has 0 aromatic carbocycles. The van der Waals surface area contributed by atoms with E-state index < -0.39 is 0 Å². The van der Waals surface area contributed by atoms with E-state index in [9.17, 15) is 4.79 Å². The number of thiophene rings is 1. The van der Waals surface area contributed by atoms with Crippen molar-refractivity contribution in [2.45, 2.75) is 19.3 Å². The fourth-order valence-corrected chi connectivity index (χ4v) is 2.76. The van der Waals surface area contributed by atoms with Gasteiger partial charge in [-0.1, -0.05) is 22.4 Å². The first kappa shape index (κ1) is 14.5. The molecule has 5 heteroatoms. The molecule has 0 aliphatic rings. The molecular weight excluding hydrogens is 302 g/mol. The molecule has 0 saturated heterocycles. The summed E-state index contributed by atoms with van der Waals surface area (Å²) < 4.78 is 5.16. The van der Waals surface area contributed by atoms with Crippen LogP contribution in [0.15, 0.2) is 11.4 Å². The van der Waals surface area contributed by atoms with E-state index in [1.807, 2.05) is 18.5 Å². The standard InChI is InChI=1S/C12H18BrNO2S/c1-14(8-5-3-4-7-13)12(15)11-10(16-2)6-9-17-11/h6,9H,3-5,7-8H2,1-2H3. The number of halogens is 1. The van der Waals surface area contributed by atoms with Crippen molar-refractivity contribution >= 4 is 33.2 Å². The Labute approximate surface area is 115 Å². The van der Waals surface area contributed by atoms with Gasteiger partial charge in [0.05, 0.1) is 7.11 Å². The van der Waals surface area contributed by atoms with E-state index in [0.29, 0.717) is 10.6 Å². The van der Waals surface area contributed by atoms with Crippen LogP contribution in [0.4, 0.5) is 0 Å². The van der Waals surface area contributed by atoms with Crippen LogP contribution in [0.5, 0.6) is 5.75 Å². The molecule has 1 aromatic rings. The monoisotopic (exact) mass is 319 g/mol. The highest BCUT2D eigenvalue weighted by molar-refractivity contribution is 9.09. The van der Waals surface area contributed by atoms with Crippen molar-refractivity contribution < 1.29 is 9.53 Å². The highest BCUT2D eigenvalue weighted by atomic mass is 79.9. The summed E-state index contributed by atoms with van der Waals surface area (Å²) in [6, 6.07) is 1.83. The summed E-state index contributed by atoms with van der Waals surface area (Å²) in [5.41, 5.74) is 0. The lowest BCUT2D eigenvalue weighted by molar-refractivity contribution is 0.0794. The van der Waals surface area contributed by atoms with Crippen LogP contribution in [-0.4, -0.2) is 36.8 Å². The summed E-state index contributed by atoms with van der Waals surface area (Å²) in [4.78, 5) is 14.6. The molecule has 0 fully saturated rings. The van der Waals surface area contributed by atoms with Gasteiger partial charge in [-0.15, -0.1) is 11.3 Å². The molecule has 3 nitrogen and oxygen atoms in total. The summed E-state index contributed by atoms with van der Waals surface area (Å²) in [6.07, 6.45) is 3.34. The number of hydrogen-bond acceptors (Lipinski definition) is 3. The molecule has 0 atom stereocenters. The first-order chi connectivity index (χ1) is 8.20. The van der Waals surface area contributed by atoms with Crippen LogP contribution in [0, 0.1) is 0 Å². The lowest BCUT2D eigenvalue weighted by Gasteiger charge is -2.16. The second-order valence-electron chi connectivity index (χ2n) is 3.79. The minimum Gasteiger partial charge on any atom is -0.495 e. The maximum Gasteiger partial charge on any atom is 0.267 e. The molecule has 17 heavy (non-hydrogen) atoms. The first-order valence-corrected chi connectivity index (χ1v) is 7.63. The Morgan fingerprint density at radius 2 is 2.24 bits per heavy atom. The predicted molar refractivity (Wildman–Crippen MR) is 75.5 cm³/mol. The average molecular weight is 320 g/mol. The molecule has 0 N–H and O–H groups in total. The maximum atomic E-state index is 12.1. The fourth-order valence-electron chi connectivity index (χ4n) is 1.51. The molecule has 0 radical (unpaired) electrons. The largest absolute Gasteiger partial charge is 0.495 e. The number of amides is 1. The number of methoxy groups -OCH3 is 1. The van der Waals surface area contributed by atoms with Gasteiger partial charge in [-0.2, -0.15) is 0 Å². The molecule has 1 heterocycles. The number of carbonyl (C=O) groups is 1. The smallest absolute Gasteiger partial charge is 0.267 e. The van der Waals surface area contributed by atoms with Crippen LogP contribution in [0.1, 0.15) is 28.9 Å². The molecule has 0 spiro atoms. The fraction of sp³-hybridized carbons (Fsp3) is 0.583. The van der Waals surface area contributed by atoms with E-state index >= 15 is 0 Å². The number of carbonyl (C=O) groups excluding carboxylic acids is 1. The van der Waals surface area contributed by atoms with Gasteiger partial charge in [-0.25, -0.2) is 0 Å². The molecule has 0 unspecified atom stereocenters. The highest BCUT2D eigenvalue weighted by Gasteiger charge is 2.17. The lowest BCUT2D eigenvalue weighted by atomic mass is 10.2. The zero-order valence-corrected chi connectivity index (χ0v) is 12.6. The lowest BCUT2D eigenvalue weighted by Crippen LogP contribution is -2.27. The van der Waals surface area contributed by atoms with Crippen molar-refractivity contribution in [3.05, 3.63) is 16.3 Å². The minimum absolute atomic E-state index is 0.0516. The third-order valence-corrected chi connectivity index (χ3v) is 3.96. The van der Waals surface area contributed by atoms with Gasteiger partial charge in [0.1, 0.15) is 10.6 Å². The summed E-state index contributed by atoms with van der Waals surface area (Å²) in [7, 11) is 3.43. The van der Waals surface area contributed by atoms with Crippen molar-refractivity contribution in [3.8, 4) is 5.75 Å². The highest BCUT2D eigenvalue weighted by Crippen LogP contribution is 2.25. The van der Waals surface area contributed by atoms with E-state index in [1.54, 1.807) is 12.0 Å². The molecule has 0 bridgehead atoms. The Balaban J connectivity index is 2.46. The van der Waals surface area contributed by atoms with Crippen LogP contribution in [0.3, 0.4) is 0 Å². The third-order valence-electron chi connectivity index (χ3n) is 2.52. The molecule has 1 amide bonds. The Morgan fingerprint density at radius 1 is 1.47 bits per heavy atom. The number of rotatable bonds is 7. The normalized spacial score (nSPS) is 10.3. The van der Waals surface area contributed by atoms with Crippen LogP contribution in [0.25, 0.3) is 0 Å². The summed E-state index contributed by atoms with van der Waals surface area (Å²) in [5, 5.41) is 2.91. The number of unbranched alkanes of at least 4 members (excludes halogenated alkanes) is 2. The molecule has 0 aliphatic carbocycles. The Kier molecular flexibility index (Phi) is 6.58. The van der Waals surface area contributed by atoms with E-state index in [-0.39, 0.29) is 5.91 Å². The van der Waals surface area contributed by atoms with E-state index in [2.05, 4.69) is 15.9 Å². The van der Waals surface area contributed by atoms with Crippen LogP contribution < -0.4 is 4.74 Å². The molecule has 1 rings (SSSR count). The van der Waals surface area contributed by atoms with Gasteiger partial charge in [-0.05, 0) is 24.3 Å². The average Bonchev–Trinajstić information content (AvgIpc) is 2.81. The van der Waals surface area contributed by atoms with Gasteiger partial charge in [0, 0.05) is 18.9 Å². The zero-order valence-electron chi connectivity index (χ0n) is 10.2. The second-order valence-corrected chi connectivity index (χ2v) is 5.50. The van der Waals surface area contributed by atoms with Crippen LogP contribution >= 0.6 is 27.3 Å². The molecule has 1 aromatic heterocycles. The van der Waals surface area contributed by atoms with Crippen molar-refractivity contribution in [2.75, 3.05) is 26.0 Å². The maximum absolute atomic E-state index is 12.1. The Morgan fingerprint density at radius 3 is 2.88 bits per heavy atom. The number of alkyl halides is 1. The van der Waals surface area contributed by atoms with Gasteiger partial charge >= 0.3 is 0 Å². The number of nitrogens with zero attached hydrogens (tertiary/aromatic N) is 1. The van der Waals surface area contributed by atoms with Crippen molar-refractivity contribution in [1.82, 2.24) is 4.90 Å². The van der Waals surface area contributed by atoms with Gasteiger partial charge < -0.3 is 9.64 Å². The summed E-state index contributed by atoms with van der Waals surface area (Å²) in [6.45, 7) is 0.798. The summed E-state index contributed by atoms with van der Waals surface area (Å²) in [5.74, 6) is 0.725. The predicted octanol–water partition coefficient (Wildman–Crippen LogP) is 3.39. The Hall–Kier alpha value is -0.550. The van der Waals surface area contributed by atoms with E-state index in [0.717, 1.165) is 31.1 Å². The Bertz CT molecular complexity index is 354.